The van der Waals surface area contributed by atoms with Gasteiger partial charge in [-0.05, 0) is 45.9 Å². The molecule has 0 saturated carbocycles. The Hall–Kier alpha value is 0.120. The lowest BCUT2D eigenvalue weighted by atomic mass is 10.3. The molecule has 0 bridgehead atoms. The van der Waals surface area contributed by atoms with Crippen molar-refractivity contribution in [2.75, 3.05) is 17.6 Å². The van der Waals surface area contributed by atoms with E-state index in [1.165, 1.54) is 0 Å². The maximum atomic E-state index is 11.8. The molecule has 0 aliphatic carbocycles. The number of nitrogens with one attached hydrogen (secondary N) is 1. The number of hydrogen-bond acceptors (Lipinski definition) is 2. The van der Waals surface area contributed by atoms with Crippen LogP contribution in [0.2, 0.25) is 0 Å². The van der Waals surface area contributed by atoms with Crippen molar-refractivity contribution in [3.8, 4) is 0 Å². The van der Waals surface area contributed by atoms with Crippen LogP contribution in [-0.2, 0) is 0 Å². The minimum atomic E-state index is -4.16. The summed E-state index contributed by atoms with van der Waals surface area (Å²) in [4.78, 5) is 0. The lowest BCUT2D eigenvalue weighted by Crippen LogP contribution is -2.09. The average Bonchev–Trinajstić information content (AvgIpc) is 2.16. The van der Waals surface area contributed by atoms with Crippen LogP contribution in [0.3, 0.4) is 0 Å². The third-order valence-corrected chi connectivity index (χ3v) is 3.53. The van der Waals surface area contributed by atoms with E-state index in [2.05, 4.69) is 37.2 Å². The summed E-state index contributed by atoms with van der Waals surface area (Å²) in [5.41, 5.74) is -3.38. The molecule has 1 aromatic carbocycles. The molecule has 0 saturated heterocycles. The van der Waals surface area contributed by atoms with E-state index in [9.17, 15) is 13.2 Å². The lowest BCUT2D eigenvalue weighted by molar-refractivity contribution is -0.0327. The van der Waals surface area contributed by atoms with Gasteiger partial charge in [0.2, 0.25) is 0 Å². The predicted molar refractivity (Wildman–Crippen MR) is 68.8 cm³/mol. The Morgan fingerprint density at radius 2 is 1.94 bits per heavy atom. The van der Waals surface area contributed by atoms with Gasteiger partial charge in [-0.3, -0.25) is 0 Å². The lowest BCUT2D eigenvalue weighted by Gasteiger charge is -2.09. The molecule has 1 aromatic rings. The van der Waals surface area contributed by atoms with Crippen molar-refractivity contribution < 1.29 is 13.2 Å². The van der Waals surface area contributed by atoms with Crippen LogP contribution >= 0.6 is 43.6 Å². The topological polar surface area (TPSA) is 12.0 Å². The number of benzene rings is 1. The van der Waals surface area contributed by atoms with Crippen LogP contribution in [0.5, 0.6) is 0 Å². The van der Waals surface area contributed by atoms with Crippen molar-refractivity contribution in [3.05, 3.63) is 27.1 Å². The molecule has 0 fully saturated rings. The van der Waals surface area contributed by atoms with Crippen LogP contribution in [-0.4, -0.2) is 17.8 Å². The first-order valence-corrected chi connectivity index (χ1v) is 6.85. The van der Waals surface area contributed by atoms with E-state index in [0.717, 1.165) is 14.6 Å². The number of hydrogen-bond donors (Lipinski definition) is 1. The van der Waals surface area contributed by atoms with Crippen LogP contribution in [0.15, 0.2) is 27.1 Å². The molecule has 0 unspecified atom stereocenters. The maximum Gasteiger partial charge on any atom is 0.441 e. The quantitative estimate of drug-likeness (QED) is 0.749. The van der Waals surface area contributed by atoms with E-state index in [4.69, 9.17) is 0 Å². The van der Waals surface area contributed by atoms with Gasteiger partial charge in [-0.1, -0.05) is 15.9 Å². The van der Waals surface area contributed by atoms with Crippen LogP contribution in [0.1, 0.15) is 0 Å². The van der Waals surface area contributed by atoms with Gasteiger partial charge in [-0.25, -0.2) is 0 Å². The summed E-state index contributed by atoms with van der Waals surface area (Å²) < 4.78 is 37.2. The summed E-state index contributed by atoms with van der Waals surface area (Å²) in [6.07, 6.45) is 0. The number of halogens is 5. The fourth-order valence-electron chi connectivity index (χ4n) is 0.985. The van der Waals surface area contributed by atoms with E-state index >= 15 is 0 Å². The Labute approximate surface area is 112 Å². The summed E-state index contributed by atoms with van der Waals surface area (Å²) in [5.74, 6) is -0.0115. The molecule has 0 aliphatic rings. The molecule has 0 spiro atoms. The summed E-state index contributed by atoms with van der Waals surface area (Å²) in [6, 6.07) is 5.48. The molecular weight excluding hydrogens is 371 g/mol. The summed E-state index contributed by atoms with van der Waals surface area (Å²) in [7, 11) is 0. The minimum absolute atomic E-state index is 0.0115. The van der Waals surface area contributed by atoms with Crippen LogP contribution in [0, 0.1) is 0 Å². The first-order chi connectivity index (χ1) is 7.38. The molecule has 1 rings (SSSR count). The molecule has 1 N–H and O–H groups in total. The number of thioether (sulfide) groups is 1. The van der Waals surface area contributed by atoms with Crippen molar-refractivity contribution in [1.82, 2.24) is 0 Å². The molecule has 7 heteroatoms. The Balaban J connectivity index is 2.40. The molecule has 0 amide bonds. The van der Waals surface area contributed by atoms with Crippen LogP contribution in [0.4, 0.5) is 18.9 Å². The standard InChI is InChI=1S/C9H8Br2F3NS/c10-6-1-2-7(11)8(5-6)15-3-4-16-9(12,13)14/h1-2,5,15H,3-4H2. The fourth-order valence-corrected chi connectivity index (χ4v) is 2.17. The second kappa shape index (κ2) is 6.16. The average molecular weight is 379 g/mol. The predicted octanol–water partition coefficient (Wildman–Crippen LogP) is 4.88. The van der Waals surface area contributed by atoms with E-state index in [1.807, 2.05) is 18.2 Å². The van der Waals surface area contributed by atoms with Crippen LogP contribution < -0.4 is 5.32 Å². The fraction of sp³-hybridized carbons (Fsp3) is 0.333. The van der Waals surface area contributed by atoms with Crippen LogP contribution in [0.25, 0.3) is 0 Å². The summed E-state index contributed by atoms with van der Waals surface area (Å²) >= 11 is 6.57. The van der Waals surface area contributed by atoms with Gasteiger partial charge in [0.05, 0.1) is 0 Å². The smallest absolute Gasteiger partial charge is 0.383 e. The Morgan fingerprint density at radius 3 is 2.56 bits per heavy atom. The highest BCUT2D eigenvalue weighted by Gasteiger charge is 2.27. The molecule has 0 aromatic heterocycles. The Bertz CT molecular complexity index is 357. The first kappa shape index (κ1) is 14.2. The number of anilines is 1. The molecule has 0 aliphatic heterocycles. The van der Waals surface area contributed by atoms with E-state index in [1.54, 1.807) is 0 Å². The van der Waals surface area contributed by atoms with Gasteiger partial charge in [-0.15, -0.1) is 0 Å². The zero-order valence-corrected chi connectivity index (χ0v) is 11.9. The maximum absolute atomic E-state index is 11.8. The third kappa shape index (κ3) is 5.45. The first-order valence-electron chi connectivity index (χ1n) is 4.28. The van der Waals surface area contributed by atoms with E-state index < -0.39 is 5.51 Å². The van der Waals surface area contributed by atoms with Crippen molar-refractivity contribution in [2.45, 2.75) is 5.51 Å². The molecule has 1 nitrogen and oxygen atoms in total. The highest BCUT2D eigenvalue weighted by atomic mass is 79.9. The second-order valence-electron chi connectivity index (χ2n) is 2.85. The van der Waals surface area contributed by atoms with Gasteiger partial charge in [0, 0.05) is 26.9 Å². The van der Waals surface area contributed by atoms with Gasteiger partial charge < -0.3 is 5.32 Å². The highest BCUT2D eigenvalue weighted by Crippen LogP contribution is 2.30. The third-order valence-electron chi connectivity index (χ3n) is 1.61. The molecular formula is C9H8Br2F3NS. The molecule has 0 atom stereocenters. The summed E-state index contributed by atoms with van der Waals surface area (Å²) in [5, 5.41) is 2.93. The largest absolute Gasteiger partial charge is 0.441 e. The summed E-state index contributed by atoms with van der Waals surface area (Å²) in [6.45, 7) is 0.263. The highest BCUT2D eigenvalue weighted by molar-refractivity contribution is 9.11. The normalized spacial score (nSPS) is 11.6. The molecule has 0 radical (unpaired) electrons. The number of alkyl halides is 3. The van der Waals surface area contributed by atoms with E-state index in [0.29, 0.717) is 0 Å². The van der Waals surface area contributed by atoms with Crippen molar-refractivity contribution in [1.29, 1.82) is 0 Å². The second-order valence-corrected chi connectivity index (χ2v) is 5.77. The van der Waals surface area contributed by atoms with Crippen molar-refractivity contribution in [2.24, 2.45) is 0 Å². The SMILES string of the molecule is FC(F)(F)SCCNc1cc(Br)ccc1Br. The zero-order chi connectivity index (χ0) is 12.2. The number of rotatable bonds is 4. The molecule has 16 heavy (non-hydrogen) atoms. The van der Waals surface area contributed by atoms with Gasteiger partial charge in [0.15, 0.2) is 0 Å². The van der Waals surface area contributed by atoms with Crippen molar-refractivity contribution >= 4 is 49.3 Å². The van der Waals surface area contributed by atoms with Crippen molar-refractivity contribution in [3.63, 3.8) is 0 Å². The van der Waals surface area contributed by atoms with Gasteiger partial charge in [-0.2, -0.15) is 13.2 Å². The van der Waals surface area contributed by atoms with E-state index in [-0.39, 0.29) is 24.1 Å². The monoisotopic (exact) mass is 377 g/mol. The molecule has 90 valence electrons. The van der Waals surface area contributed by atoms with Gasteiger partial charge in [0.1, 0.15) is 0 Å². The van der Waals surface area contributed by atoms with Gasteiger partial charge >= 0.3 is 5.51 Å². The minimum Gasteiger partial charge on any atom is -0.383 e. The molecule has 0 heterocycles. The Kier molecular flexibility index (Phi) is 5.46. The van der Waals surface area contributed by atoms with Gasteiger partial charge in [0.25, 0.3) is 0 Å². The Morgan fingerprint density at radius 1 is 1.25 bits per heavy atom. The zero-order valence-electron chi connectivity index (χ0n) is 7.94.